The zero-order chi connectivity index (χ0) is 22.5. The van der Waals surface area contributed by atoms with E-state index in [2.05, 4.69) is 26.3 Å². The number of halogens is 1. The highest BCUT2D eigenvalue weighted by atomic mass is 127. The normalized spacial score (nSPS) is 10.5. The fourth-order valence-electron chi connectivity index (χ4n) is 2.86. The quantitative estimate of drug-likeness (QED) is 0.157. The average Bonchev–Trinajstić information content (AvgIpc) is 2.76. The summed E-state index contributed by atoms with van der Waals surface area (Å²) in [6.45, 7) is 5.83. The van der Waals surface area contributed by atoms with Crippen LogP contribution in [0, 0.1) is 0 Å². The molecule has 2 amide bonds. The largest absolute Gasteiger partial charge is 0.492 e. The fraction of sp³-hybridized carbons (Fsp3) is 0.348. The maximum atomic E-state index is 11.8. The van der Waals surface area contributed by atoms with Gasteiger partial charge in [0, 0.05) is 44.4 Å². The van der Waals surface area contributed by atoms with Crippen LogP contribution in [-0.2, 0) is 11.2 Å². The molecule has 2 aromatic carbocycles. The summed E-state index contributed by atoms with van der Waals surface area (Å²) in [5, 5.41) is 11.8. The van der Waals surface area contributed by atoms with Crippen LogP contribution < -0.4 is 26.0 Å². The molecule has 0 saturated carbocycles. The van der Waals surface area contributed by atoms with Crippen molar-refractivity contribution in [2.24, 2.45) is 4.99 Å². The summed E-state index contributed by atoms with van der Waals surface area (Å²) in [4.78, 5) is 27.5. The SMILES string of the molecule is CCNC(=NCCc1cccc(C(=O)NC)c1)NCCOc1cccc(NC(C)=O)c1.I. The van der Waals surface area contributed by atoms with Gasteiger partial charge in [-0.05, 0) is 43.2 Å². The van der Waals surface area contributed by atoms with E-state index in [1.807, 2.05) is 43.3 Å². The zero-order valence-electron chi connectivity index (χ0n) is 18.7. The van der Waals surface area contributed by atoms with E-state index in [-0.39, 0.29) is 35.8 Å². The van der Waals surface area contributed by atoms with Gasteiger partial charge in [-0.1, -0.05) is 18.2 Å². The van der Waals surface area contributed by atoms with Crippen LogP contribution >= 0.6 is 24.0 Å². The molecular weight excluding hydrogens is 521 g/mol. The van der Waals surface area contributed by atoms with E-state index in [4.69, 9.17) is 4.74 Å². The lowest BCUT2D eigenvalue weighted by molar-refractivity contribution is -0.114. The number of hydrogen-bond donors (Lipinski definition) is 4. The van der Waals surface area contributed by atoms with Crippen LogP contribution in [0.4, 0.5) is 5.69 Å². The number of guanidine groups is 1. The molecule has 0 unspecified atom stereocenters. The lowest BCUT2D eigenvalue weighted by Gasteiger charge is -2.13. The minimum absolute atomic E-state index is 0. The van der Waals surface area contributed by atoms with Crippen molar-refractivity contribution in [1.29, 1.82) is 0 Å². The van der Waals surface area contributed by atoms with Crippen molar-refractivity contribution in [3.63, 3.8) is 0 Å². The molecule has 0 aliphatic rings. The van der Waals surface area contributed by atoms with E-state index in [0.717, 1.165) is 18.5 Å². The number of anilines is 1. The standard InChI is InChI=1S/C23H31N5O3.HI/c1-4-25-23(26-12-11-18-7-5-8-19(15-18)22(30)24-3)27-13-14-31-21-10-6-9-20(16-21)28-17(2)29;/h5-10,15-16H,4,11-14H2,1-3H3,(H,24,30)(H,28,29)(H2,25,26,27);1H. The molecule has 0 bridgehead atoms. The summed E-state index contributed by atoms with van der Waals surface area (Å²) in [6, 6.07) is 14.8. The van der Waals surface area contributed by atoms with Crippen LogP contribution in [0.5, 0.6) is 5.75 Å². The van der Waals surface area contributed by atoms with E-state index in [1.165, 1.54) is 6.92 Å². The molecule has 9 heteroatoms. The van der Waals surface area contributed by atoms with Gasteiger partial charge in [0.2, 0.25) is 5.91 Å². The van der Waals surface area contributed by atoms with Crippen molar-refractivity contribution in [2.45, 2.75) is 20.3 Å². The van der Waals surface area contributed by atoms with Crippen molar-refractivity contribution in [3.05, 3.63) is 59.7 Å². The summed E-state index contributed by atoms with van der Waals surface area (Å²) < 4.78 is 5.74. The molecule has 0 spiro atoms. The first-order chi connectivity index (χ1) is 15.0. The number of benzene rings is 2. The third-order valence-electron chi connectivity index (χ3n) is 4.25. The number of carbonyl (C=O) groups excluding carboxylic acids is 2. The van der Waals surface area contributed by atoms with Gasteiger partial charge in [0.1, 0.15) is 12.4 Å². The Morgan fingerprint density at radius 3 is 2.56 bits per heavy atom. The van der Waals surface area contributed by atoms with Crippen molar-refractivity contribution in [3.8, 4) is 5.75 Å². The molecule has 2 aromatic rings. The lowest BCUT2D eigenvalue weighted by atomic mass is 10.1. The Hall–Kier alpha value is -2.82. The van der Waals surface area contributed by atoms with E-state index >= 15 is 0 Å². The Morgan fingerprint density at radius 1 is 1.06 bits per heavy atom. The molecule has 0 atom stereocenters. The average molecular weight is 553 g/mol. The van der Waals surface area contributed by atoms with E-state index in [1.54, 1.807) is 19.2 Å². The zero-order valence-corrected chi connectivity index (χ0v) is 21.1. The number of nitrogens with zero attached hydrogens (tertiary/aromatic N) is 1. The monoisotopic (exact) mass is 553 g/mol. The summed E-state index contributed by atoms with van der Waals surface area (Å²) in [5.74, 6) is 1.18. The Balaban J connectivity index is 0.00000512. The van der Waals surface area contributed by atoms with Crippen LogP contribution in [-0.4, -0.2) is 51.1 Å². The molecule has 0 fully saturated rings. The van der Waals surface area contributed by atoms with Gasteiger partial charge in [-0.15, -0.1) is 24.0 Å². The first-order valence-electron chi connectivity index (χ1n) is 10.4. The first kappa shape index (κ1) is 27.2. The topological polar surface area (TPSA) is 104 Å². The van der Waals surface area contributed by atoms with Crippen molar-refractivity contribution < 1.29 is 14.3 Å². The molecule has 174 valence electrons. The van der Waals surface area contributed by atoms with Crippen molar-refractivity contribution >= 4 is 47.4 Å². The molecule has 2 rings (SSSR count). The van der Waals surface area contributed by atoms with Gasteiger partial charge in [0.15, 0.2) is 5.96 Å². The summed E-state index contributed by atoms with van der Waals surface area (Å²) >= 11 is 0. The number of ether oxygens (including phenoxy) is 1. The Morgan fingerprint density at radius 2 is 1.84 bits per heavy atom. The Labute approximate surface area is 206 Å². The number of aliphatic imine (C=N–C) groups is 1. The molecule has 4 N–H and O–H groups in total. The number of nitrogens with one attached hydrogen (secondary N) is 4. The number of amides is 2. The smallest absolute Gasteiger partial charge is 0.251 e. The molecule has 0 heterocycles. The first-order valence-corrected chi connectivity index (χ1v) is 10.4. The maximum absolute atomic E-state index is 11.8. The van der Waals surface area contributed by atoms with Gasteiger partial charge in [-0.25, -0.2) is 0 Å². The van der Waals surface area contributed by atoms with Crippen LogP contribution in [0.3, 0.4) is 0 Å². The van der Waals surface area contributed by atoms with Gasteiger partial charge in [-0.2, -0.15) is 0 Å². The maximum Gasteiger partial charge on any atom is 0.251 e. The van der Waals surface area contributed by atoms with Gasteiger partial charge in [0.05, 0.1) is 6.54 Å². The third kappa shape index (κ3) is 9.99. The van der Waals surface area contributed by atoms with Crippen molar-refractivity contribution in [1.82, 2.24) is 16.0 Å². The summed E-state index contributed by atoms with van der Waals surface area (Å²) in [6.07, 6.45) is 0.730. The molecule has 0 radical (unpaired) electrons. The van der Waals surface area contributed by atoms with E-state index in [9.17, 15) is 9.59 Å². The molecule has 0 aliphatic carbocycles. The molecular formula is C23H32IN5O3. The van der Waals surface area contributed by atoms with Crippen LogP contribution in [0.1, 0.15) is 29.8 Å². The Bertz CT molecular complexity index is 905. The van der Waals surface area contributed by atoms with Gasteiger partial charge in [0.25, 0.3) is 5.91 Å². The summed E-state index contributed by atoms with van der Waals surface area (Å²) in [7, 11) is 1.62. The number of carbonyl (C=O) groups is 2. The third-order valence-corrected chi connectivity index (χ3v) is 4.25. The summed E-state index contributed by atoms with van der Waals surface area (Å²) in [5.41, 5.74) is 2.41. The number of hydrogen-bond acceptors (Lipinski definition) is 4. The highest BCUT2D eigenvalue weighted by molar-refractivity contribution is 14.0. The highest BCUT2D eigenvalue weighted by Gasteiger charge is 2.04. The molecule has 0 saturated heterocycles. The molecule has 0 aliphatic heterocycles. The molecule has 0 aromatic heterocycles. The second-order valence-corrected chi connectivity index (χ2v) is 6.77. The Kier molecular flexibility index (Phi) is 12.8. The minimum atomic E-state index is -0.120. The van der Waals surface area contributed by atoms with E-state index in [0.29, 0.717) is 42.7 Å². The van der Waals surface area contributed by atoms with Crippen molar-refractivity contribution in [2.75, 3.05) is 38.6 Å². The van der Waals surface area contributed by atoms with Crippen LogP contribution in [0.2, 0.25) is 0 Å². The predicted molar refractivity (Wildman–Crippen MR) is 139 cm³/mol. The van der Waals surface area contributed by atoms with E-state index < -0.39 is 0 Å². The minimum Gasteiger partial charge on any atom is -0.492 e. The van der Waals surface area contributed by atoms with Crippen LogP contribution in [0.25, 0.3) is 0 Å². The number of rotatable bonds is 10. The predicted octanol–water partition coefficient (Wildman–Crippen LogP) is 2.80. The highest BCUT2D eigenvalue weighted by Crippen LogP contribution is 2.17. The van der Waals surface area contributed by atoms with Gasteiger partial charge in [-0.3, -0.25) is 14.6 Å². The second-order valence-electron chi connectivity index (χ2n) is 6.77. The van der Waals surface area contributed by atoms with Crippen LogP contribution in [0.15, 0.2) is 53.5 Å². The molecule has 8 nitrogen and oxygen atoms in total. The fourth-order valence-corrected chi connectivity index (χ4v) is 2.86. The van der Waals surface area contributed by atoms with Gasteiger partial charge < -0.3 is 26.0 Å². The molecule has 32 heavy (non-hydrogen) atoms. The second kappa shape index (κ2) is 15.1. The van der Waals surface area contributed by atoms with Gasteiger partial charge >= 0.3 is 0 Å². The lowest BCUT2D eigenvalue weighted by Crippen LogP contribution is -2.39.